The highest BCUT2D eigenvalue weighted by Crippen LogP contribution is 2.12. The van der Waals surface area contributed by atoms with Crippen molar-refractivity contribution in [2.75, 3.05) is 0 Å². The number of hydrogen-bond donors (Lipinski definition) is 2. The van der Waals surface area contributed by atoms with Gasteiger partial charge in [0.1, 0.15) is 0 Å². The Kier molecular flexibility index (Phi) is 2.11. The highest BCUT2D eigenvalue weighted by Gasteiger charge is 1.97. The fourth-order valence-electron chi connectivity index (χ4n) is 0.819. The van der Waals surface area contributed by atoms with Crippen molar-refractivity contribution in [1.29, 1.82) is 5.41 Å². The summed E-state index contributed by atoms with van der Waals surface area (Å²) in [7, 11) is 0. The molecular weight excluding hydrogens is 138 g/mol. The molecule has 0 spiro atoms. The molecule has 1 aromatic carbocycles. The molecular formula is C8H10N3. The van der Waals surface area contributed by atoms with Crippen LogP contribution in [0.25, 0.3) is 0 Å². The number of nitrogens with two attached hydrogens (primary N) is 1. The van der Waals surface area contributed by atoms with Gasteiger partial charge in [-0.3, -0.25) is 5.41 Å². The normalized spacial score (nSPS) is 9.18. The summed E-state index contributed by atoms with van der Waals surface area (Å²) in [6.45, 7) is 1.93. The number of nitrogens with zero attached hydrogens (tertiary/aromatic N) is 1. The lowest BCUT2D eigenvalue weighted by molar-refractivity contribution is 1.16. The van der Waals surface area contributed by atoms with Gasteiger partial charge < -0.3 is 5.73 Å². The fourth-order valence-corrected chi connectivity index (χ4v) is 0.819. The number of aryl methyl sites for hydroxylation is 1. The van der Waals surface area contributed by atoms with Gasteiger partial charge >= 0.3 is 0 Å². The van der Waals surface area contributed by atoms with Crippen LogP contribution in [0.2, 0.25) is 0 Å². The Balaban J connectivity index is 2.86. The van der Waals surface area contributed by atoms with Crippen molar-refractivity contribution < 1.29 is 0 Å². The average molecular weight is 148 g/mol. The van der Waals surface area contributed by atoms with Gasteiger partial charge in [-0.05, 0) is 18.6 Å². The molecule has 0 aliphatic carbocycles. The van der Waals surface area contributed by atoms with E-state index in [1.165, 1.54) is 0 Å². The summed E-state index contributed by atoms with van der Waals surface area (Å²) in [5.41, 5.74) is 6.90. The lowest BCUT2D eigenvalue weighted by atomic mass is 10.2. The predicted octanol–water partition coefficient (Wildman–Crippen LogP) is 1.12. The van der Waals surface area contributed by atoms with E-state index in [0.29, 0.717) is 0 Å². The fraction of sp³-hybridized carbons (Fsp3) is 0.125. The van der Waals surface area contributed by atoms with Gasteiger partial charge in [-0.25, -0.2) is 5.32 Å². The van der Waals surface area contributed by atoms with E-state index >= 15 is 0 Å². The second kappa shape index (κ2) is 3.05. The van der Waals surface area contributed by atoms with Crippen molar-refractivity contribution in [3.05, 3.63) is 29.8 Å². The van der Waals surface area contributed by atoms with E-state index in [9.17, 15) is 0 Å². The molecule has 3 N–H and O–H groups in total. The number of nitrogens with one attached hydrogen (secondary N) is 1. The zero-order valence-corrected chi connectivity index (χ0v) is 6.33. The Morgan fingerprint density at radius 3 is 2.64 bits per heavy atom. The number of hydrogen-bond acceptors (Lipinski definition) is 1. The van der Waals surface area contributed by atoms with Crippen LogP contribution < -0.4 is 11.1 Å². The zero-order valence-electron chi connectivity index (χ0n) is 6.33. The van der Waals surface area contributed by atoms with Crippen LogP contribution in [-0.2, 0) is 0 Å². The van der Waals surface area contributed by atoms with E-state index < -0.39 is 0 Å². The van der Waals surface area contributed by atoms with Gasteiger partial charge in [0.2, 0.25) is 5.96 Å². The van der Waals surface area contributed by atoms with Crippen molar-refractivity contribution in [3.63, 3.8) is 0 Å². The van der Waals surface area contributed by atoms with Crippen LogP contribution in [-0.4, -0.2) is 5.96 Å². The predicted molar refractivity (Wildman–Crippen MR) is 44.9 cm³/mol. The molecule has 0 aliphatic heterocycles. The van der Waals surface area contributed by atoms with Gasteiger partial charge in [-0.1, -0.05) is 18.2 Å². The summed E-state index contributed by atoms with van der Waals surface area (Å²) in [6.07, 6.45) is 0. The average Bonchev–Trinajstić information content (AvgIpc) is 1.93. The molecule has 0 amide bonds. The molecule has 0 heterocycles. The third-order valence-electron chi connectivity index (χ3n) is 1.36. The molecule has 3 nitrogen and oxygen atoms in total. The zero-order chi connectivity index (χ0) is 8.27. The maximum absolute atomic E-state index is 6.94. The second-order valence-electron chi connectivity index (χ2n) is 2.28. The van der Waals surface area contributed by atoms with Crippen LogP contribution in [0.4, 0.5) is 5.69 Å². The van der Waals surface area contributed by atoms with Gasteiger partial charge in [0, 0.05) is 0 Å². The van der Waals surface area contributed by atoms with Crippen molar-refractivity contribution in [1.82, 2.24) is 5.32 Å². The third-order valence-corrected chi connectivity index (χ3v) is 1.36. The minimum Gasteiger partial charge on any atom is -0.368 e. The summed E-state index contributed by atoms with van der Waals surface area (Å²) in [6, 6.07) is 7.56. The lowest BCUT2D eigenvalue weighted by Gasteiger charge is -2.02. The number of guanidine groups is 1. The molecule has 0 atom stereocenters. The summed E-state index contributed by atoms with van der Waals surface area (Å²) in [4.78, 5) is 0. The van der Waals surface area contributed by atoms with E-state index in [4.69, 9.17) is 11.1 Å². The van der Waals surface area contributed by atoms with Crippen LogP contribution in [0.15, 0.2) is 24.3 Å². The first-order valence-electron chi connectivity index (χ1n) is 3.31. The molecule has 1 radical (unpaired) electrons. The molecule has 0 saturated carbocycles. The lowest BCUT2D eigenvalue weighted by Crippen LogP contribution is -2.19. The highest BCUT2D eigenvalue weighted by atomic mass is 15.0. The molecule has 1 aromatic rings. The van der Waals surface area contributed by atoms with E-state index in [-0.39, 0.29) is 5.96 Å². The van der Waals surface area contributed by atoms with Gasteiger partial charge in [0.05, 0.1) is 5.69 Å². The molecule has 0 fully saturated rings. The smallest absolute Gasteiger partial charge is 0.212 e. The number of para-hydroxylation sites is 1. The summed E-state index contributed by atoms with van der Waals surface area (Å²) >= 11 is 0. The first-order chi connectivity index (χ1) is 5.20. The minimum absolute atomic E-state index is 0.153. The molecule has 0 bridgehead atoms. The largest absolute Gasteiger partial charge is 0.368 e. The molecule has 57 valence electrons. The summed E-state index contributed by atoms with van der Waals surface area (Å²) in [5.74, 6) is -0.153. The number of benzene rings is 1. The van der Waals surface area contributed by atoms with Crippen LogP contribution in [0.3, 0.4) is 0 Å². The molecule has 3 heteroatoms. The quantitative estimate of drug-likeness (QED) is 0.455. The summed E-state index contributed by atoms with van der Waals surface area (Å²) in [5, 5.41) is 10.8. The SMILES string of the molecule is Cc1ccccc1[N]C(=N)N. The van der Waals surface area contributed by atoms with Gasteiger partial charge in [0.15, 0.2) is 0 Å². The Morgan fingerprint density at radius 1 is 1.45 bits per heavy atom. The maximum atomic E-state index is 6.94. The highest BCUT2D eigenvalue weighted by molar-refractivity contribution is 5.79. The first-order valence-corrected chi connectivity index (χ1v) is 3.31. The Bertz CT molecular complexity index is 268. The van der Waals surface area contributed by atoms with Crippen molar-refractivity contribution >= 4 is 11.6 Å². The molecule has 0 saturated heterocycles. The van der Waals surface area contributed by atoms with Gasteiger partial charge in [-0.15, -0.1) is 0 Å². The molecule has 0 aromatic heterocycles. The Morgan fingerprint density at radius 2 is 2.09 bits per heavy atom. The second-order valence-corrected chi connectivity index (χ2v) is 2.28. The molecule has 11 heavy (non-hydrogen) atoms. The topological polar surface area (TPSA) is 64.0 Å². The van der Waals surface area contributed by atoms with E-state index in [1.807, 2.05) is 31.2 Å². The van der Waals surface area contributed by atoms with Crippen LogP contribution in [0, 0.1) is 12.3 Å². The third kappa shape index (κ3) is 1.97. The van der Waals surface area contributed by atoms with E-state index in [1.54, 1.807) is 0 Å². The van der Waals surface area contributed by atoms with Gasteiger partial charge in [0.25, 0.3) is 0 Å². The minimum atomic E-state index is -0.153. The molecule has 0 aliphatic rings. The standard InChI is InChI=1S/C8H10N3/c1-6-4-2-3-5-7(6)11-8(9)10/h2-5H,1H3,(H3,9,10). The summed E-state index contributed by atoms with van der Waals surface area (Å²) < 4.78 is 0. The first kappa shape index (κ1) is 7.60. The van der Waals surface area contributed by atoms with Crippen LogP contribution in [0.1, 0.15) is 5.56 Å². The van der Waals surface area contributed by atoms with E-state index in [2.05, 4.69) is 5.32 Å². The maximum Gasteiger partial charge on any atom is 0.212 e. The van der Waals surface area contributed by atoms with Gasteiger partial charge in [-0.2, -0.15) is 0 Å². The number of rotatable bonds is 1. The molecule has 1 rings (SSSR count). The van der Waals surface area contributed by atoms with Crippen molar-refractivity contribution in [2.24, 2.45) is 5.73 Å². The molecule has 0 unspecified atom stereocenters. The van der Waals surface area contributed by atoms with Crippen LogP contribution in [0.5, 0.6) is 0 Å². The van der Waals surface area contributed by atoms with Crippen molar-refractivity contribution in [3.8, 4) is 0 Å². The van der Waals surface area contributed by atoms with E-state index in [0.717, 1.165) is 11.3 Å². The van der Waals surface area contributed by atoms with Crippen molar-refractivity contribution in [2.45, 2.75) is 6.92 Å². The van der Waals surface area contributed by atoms with Crippen LogP contribution >= 0.6 is 0 Å². The Hall–Kier alpha value is -1.51. The Labute approximate surface area is 65.7 Å². The monoisotopic (exact) mass is 148 g/mol.